The van der Waals surface area contributed by atoms with Crippen molar-refractivity contribution in [2.45, 2.75) is 12.3 Å². The van der Waals surface area contributed by atoms with E-state index in [1.165, 1.54) is 24.3 Å². The van der Waals surface area contributed by atoms with Crippen LogP contribution in [0.1, 0.15) is 26.9 Å². The molecule has 4 nitrogen and oxygen atoms in total. The fourth-order valence-electron chi connectivity index (χ4n) is 2.53. The summed E-state index contributed by atoms with van der Waals surface area (Å²) < 4.78 is 26.5. The van der Waals surface area contributed by atoms with Gasteiger partial charge in [0.2, 0.25) is 5.88 Å². The van der Waals surface area contributed by atoms with E-state index in [2.05, 4.69) is 4.98 Å². The molecule has 0 aliphatic rings. The number of rotatable bonds is 5. The molecule has 0 atom stereocenters. The zero-order valence-electron chi connectivity index (χ0n) is 12.8. The van der Waals surface area contributed by atoms with Gasteiger partial charge in [-0.2, -0.15) is 0 Å². The zero-order chi connectivity index (χ0) is 18.0. The molecule has 0 unspecified atom stereocenters. The smallest absolute Gasteiger partial charge is 0.308 e. The fourth-order valence-corrected chi connectivity index (χ4v) is 3.63. The largest absolute Gasteiger partial charge is 0.492 e. The molecule has 128 valence electrons. The summed E-state index contributed by atoms with van der Waals surface area (Å²) in [6.07, 6.45) is -0.344. The number of aliphatic carboxylic acids is 1. The van der Waals surface area contributed by atoms with Crippen LogP contribution < -0.4 is 0 Å². The Labute approximate surface area is 146 Å². The van der Waals surface area contributed by atoms with Gasteiger partial charge in [-0.15, -0.1) is 11.3 Å². The Kier molecular flexibility index (Phi) is 4.76. The summed E-state index contributed by atoms with van der Waals surface area (Å²) >= 11 is 1.06. The van der Waals surface area contributed by atoms with Crippen LogP contribution in [0.25, 0.3) is 0 Å². The lowest BCUT2D eigenvalue weighted by molar-refractivity contribution is -0.136. The van der Waals surface area contributed by atoms with Crippen molar-refractivity contribution in [3.05, 3.63) is 81.2 Å². The summed E-state index contributed by atoms with van der Waals surface area (Å²) in [7, 11) is 0. The minimum atomic E-state index is -1.08. The summed E-state index contributed by atoms with van der Waals surface area (Å²) in [4.78, 5) is 15.2. The van der Waals surface area contributed by atoms with Crippen LogP contribution in [0.5, 0.6) is 5.88 Å². The van der Waals surface area contributed by atoms with Gasteiger partial charge in [0.25, 0.3) is 0 Å². The molecule has 2 aromatic carbocycles. The first kappa shape index (κ1) is 17.0. The number of aromatic nitrogens is 1. The summed E-state index contributed by atoms with van der Waals surface area (Å²) in [5.41, 5.74) is 1.40. The Balaban J connectivity index is 2.09. The molecule has 0 aliphatic carbocycles. The van der Waals surface area contributed by atoms with Crippen LogP contribution in [0.4, 0.5) is 8.78 Å². The number of benzene rings is 2. The molecule has 1 aromatic heterocycles. The van der Waals surface area contributed by atoms with E-state index in [4.69, 9.17) is 5.11 Å². The van der Waals surface area contributed by atoms with E-state index < -0.39 is 23.5 Å². The highest BCUT2D eigenvalue weighted by molar-refractivity contribution is 7.12. The van der Waals surface area contributed by atoms with Gasteiger partial charge in [-0.3, -0.25) is 4.79 Å². The molecule has 0 fully saturated rings. The first-order valence-corrected chi connectivity index (χ1v) is 8.17. The molecule has 0 saturated heterocycles. The average molecular weight is 361 g/mol. The summed E-state index contributed by atoms with van der Waals surface area (Å²) in [6.45, 7) is 0. The van der Waals surface area contributed by atoms with Crippen LogP contribution in [-0.2, 0) is 11.2 Å². The van der Waals surface area contributed by atoms with Gasteiger partial charge in [-0.1, -0.05) is 24.3 Å². The second kappa shape index (κ2) is 6.98. The van der Waals surface area contributed by atoms with Crippen LogP contribution in [0.15, 0.2) is 48.5 Å². The van der Waals surface area contributed by atoms with Crippen molar-refractivity contribution in [1.29, 1.82) is 0 Å². The Morgan fingerprint density at radius 2 is 1.48 bits per heavy atom. The van der Waals surface area contributed by atoms with Crippen molar-refractivity contribution in [1.82, 2.24) is 4.98 Å². The Morgan fingerprint density at radius 3 is 1.92 bits per heavy atom. The number of thiazole rings is 1. The normalized spacial score (nSPS) is 11.0. The van der Waals surface area contributed by atoms with Gasteiger partial charge in [-0.25, -0.2) is 13.8 Å². The van der Waals surface area contributed by atoms with Gasteiger partial charge in [0.1, 0.15) is 16.6 Å². The van der Waals surface area contributed by atoms with Crippen molar-refractivity contribution >= 4 is 17.3 Å². The van der Waals surface area contributed by atoms with E-state index in [9.17, 15) is 18.7 Å². The number of carbonyl (C=O) groups is 1. The minimum absolute atomic E-state index is 0.233. The van der Waals surface area contributed by atoms with E-state index >= 15 is 0 Å². The molecule has 0 aliphatic heterocycles. The van der Waals surface area contributed by atoms with E-state index in [-0.39, 0.29) is 17.2 Å². The topological polar surface area (TPSA) is 70.4 Å². The third-order valence-corrected chi connectivity index (χ3v) is 4.77. The average Bonchev–Trinajstić information content (AvgIpc) is 2.91. The number of carboxylic acids is 1. The Hall–Kier alpha value is -2.80. The summed E-state index contributed by atoms with van der Waals surface area (Å²) in [5.74, 6) is -2.67. The molecule has 25 heavy (non-hydrogen) atoms. The molecule has 1 heterocycles. The zero-order valence-corrected chi connectivity index (χ0v) is 13.6. The van der Waals surface area contributed by atoms with Gasteiger partial charge in [0.05, 0.1) is 17.2 Å². The van der Waals surface area contributed by atoms with E-state index in [0.29, 0.717) is 16.1 Å². The first-order valence-electron chi connectivity index (χ1n) is 7.35. The maximum Gasteiger partial charge on any atom is 0.308 e. The maximum absolute atomic E-state index is 13.3. The molecular formula is C18H13F2NO3S. The van der Waals surface area contributed by atoms with Crippen molar-refractivity contribution in [3.63, 3.8) is 0 Å². The van der Waals surface area contributed by atoms with E-state index in [1.807, 2.05) is 0 Å². The number of hydrogen-bond acceptors (Lipinski definition) is 4. The molecule has 0 radical (unpaired) electrons. The third kappa shape index (κ3) is 3.83. The van der Waals surface area contributed by atoms with Gasteiger partial charge in [0.15, 0.2) is 0 Å². The predicted molar refractivity (Wildman–Crippen MR) is 88.9 cm³/mol. The third-order valence-electron chi connectivity index (χ3n) is 3.66. The number of hydrogen-bond donors (Lipinski definition) is 2. The number of nitrogens with zero attached hydrogens (tertiary/aromatic N) is 1. The molecular weight excluding hydrogens is 348 g/mol. The van der Waals surface area contributed by atoms with E-state index in [0.717, 1.165) is 11.3 Å². The van der Waals surface area contributed by atoms with Crippen molar-refractivity contribution in [2.24, 2.45) is 0 Å². The van der Waals surface area contributed by atoms with Crippen molar-refractivity contribution in [3.8, 4) is 5.88 Å². The molecule has 7 heteroatoms. The predicted octanol–water partition coefficient (Wildman–Crippen LogP) is 3.93. The molecule has 0 saturated carbocycles. The van der Waals surface area contributed by atoms with Gasteiger partial charge in [-0.05, 0) is 35.4 Å². The summed E-state index contributed by atoms with van der Waals surface area (Å²) in [6, 6.07) is 11.5. The van der Waals surface area contributed by atoms with Crippen LogP contribution in [0.2, 0.25) is 0 Å². The second-order valence-corrected chi connectivity index (χ2v) is 6.52. The number of carboxylic acid groups (broad SMARTS) is 1. The highest BCUT2D eigenvalue weighted by Crippen LogP contribution is 2.37. The van der Waals surface area contributed by atoms with E-state index in [1.54, 1.807) is 24.3 Å². The second-order valence-electron chi connectivity index (χ2n) is 5.41. The first-order chi connectivity index (χ1) is 11.9. The number of aromatic hydroxyl groups is 1. The monoisotopic (exact) mass is 361 g/mol. The Bertz CT molecular complexity index is 846. The lowest BCUT2D eigenvalue weighted by atomic mass is 9.92. The van der Waals surface area contributed by atoms with Crippen molar-refractivity contribution < 1.29 is 23.8 Å². The molecule has 0 spiro atoms. The quantitative estimate of drug-likeness (QED) is 0.722. The fraction of sp³-hybridized carbons (Fsp3) is 0.111. The van der Waals surface area contributed by atoms with Crippen LogP contribution in [0, 0.1) is 11.6 Å². The highest BCUT2D eigenvalue weighted by atomic mass is 32.1. The lowest BCUT2D eigenvalue weighted by Crippen LogP contribution is -2.03. The van der Waals surface area contributed by atoms with Crippen LogP contribution in [-0.4, -0.2) is 21.2 Å². The standard InChI is InChI=1S/C18H13F2NO3S/c19-12-5-1-10(2-6-12)16(11-3-7-13(20)8-4-11)18-21-17(24)14(25-18)9-15(22)23/h1-8,16,24H,9H2,(H,22,23). The van der Waals surface area contributed by atoms with Crippen molar-refractivity contribution in [2.75, 3.05) is 0 Å². The molecule has 0 bridgehead atoms. The maximum atomic E-state index is 13.3. The SMILES string of the molecule is O=C(O)Cc1sc(C(c2ccc(F)cc2)c2ccc(F)cc2)nc1O. The Morgan fingerprint density at radius 1 is 1.00 bits per heavy atom. The van der Waals surface area contributed by atoms with Gasteiger partial charge < -0.3 is 10.2 Å². The highest BCUT2D eigenvalue weighted by Gasteiger charge is 2.23. The molecule has 3 rings (SSSR count). The van der Waals surface area contributed by atoms with Gasteiger partial charge in [0, 0.05) is 0 Å². The lowest BCUT2D eigenvalue weighted by Gasteiger charge is -2.15. The van der Waals surface area contributed by atoms with Crippen LogP contribution >= 0.6 is 11.3 Å². The molecule has 3 aromatic rings. The molecule has 2 N–H and O–H groups in total. The van der Waals surface area contributed by atoms with Gasteiger partial charge >= 0.3 is 5.97 Å². The minimum Gasteiger partial charge on any atom is -0.492 e. The number of halogens is 2. The van der Waals surface area contributed by atoms with Crippen LogP contribution in [0.3, 0.4) is 0 Å². The molecule has 0 amide bonds. The summed E-state index contributed by atoms with van der Waals surface area (Å²) in [5, 5.41) is 19.3.